The van der Waals surface area contributed by atoms with E-state index in [1.54, 1.807) is 6.07 Å². The Morgan fingerprint density at radius 2 is 2.28 bits per heavy atom. The maximum Gasteiger partial charge on any atom is 0.303 e. The molecule has 0 heterocycles. The van der Waals surface area contributed by atoms with Crippen LogP contribution in [0.1, 0.15) is 30.0 Å². The molecule has 1 aromatic rings. The van der Waals surface area contributed by atoms with E-state index in [9.17, 15) is 9.18 Å². The summed E-state index contributed by atoms with van der Waals surface area (Å²) in [6, 6.07) is 2.53. The van der Waals surface area contributed by atoms with Crippen LogP contribution >= 0.6 is 15.9 Å². The first-order valence-electron chi connectivity index (χ1n) is 5.39. The minimum Gasteiger partial charge on any atom is -0.481 e. The molecule has 0 bridgehead atoms. The van der Waals surface area contributed by atoms with Crippen LogP contribution in [0.3, 0.4) is 0 Å². The zero-order valence-electron chi connectivity index (χ0n) is 9.95. The maximum atomic E-state index is 13.8. The highest BCUT2D eigenvalue weighted by atomic mass is 79.9. The Morgan fingerprint density at radius 3 is 2.78 bits per heavy atom. The van der Waals surface area contributed by atoms with Crippen molar-refractivity contribution < 1.29 is 19.0 Å². The first-order valence-corrected chi connectivity index (χ1v) is 6.19. The van der Waals surface area contributed by atoms with Crippen molar-refractivity contribution in [3.8, 4) is 0 Å². The van der Waals surface area contributed by atoms with E-state index in [2.05, 4.69) is 15.9 Å². The summed E-state index contributed by atoms with van der Waals surface area (Å²) in [5.74, 6) is -1.33. The zero-order chi connectivity index (χ0) is 13.7. The van der Waals surface area contributed by atoms with Gasteiger partial charge >= 0.3 is 5.97 Å². The molecule has 0 aromatic heterocycles. The lowest BCUT2D eigenvalue weighted by atomic mass is 10.0. The molecule has 100 valence electrons. The third-order valence-corrected chi connectivity index (χ3v) is 3.26. The Morgan fingerprint density at radius 1 is 1.61 bits per heavy atom. The van der Waals surface area contributed by atoms with Crippen LogP contribution in [0.25, 0.3) is 0 Å². The first kappa shape index (κ1) is 15.1. The van der Waals surface area contributed by atoms with E-state index in [1.165, 1.54) is 13.2 Å². The summed E-state index contributed by atoms with van der Waals surface area (Å²) in [7, 11) is 1.48. The molecule has 18 heavy (non-hydrogen) atoms. The molecular weight excluding hydrogens is 305 g/mol. The van der Waals surface area contributed by atoms with Crippen LogP contribution in [0.4, 0.5) is 4.39 Å². The molecule has 0 saturated carbocycles. The predicted octanol–water partition coefficient (Wildman–Crippen LogP) is 2.60. The number of carboxylic acid groups (broad SMARTS) is 1. The second-order valence-electron chi connectivity index (χ2n) is 3.94. The summed E-state index contributed by atoms with van der Waals surface area (Å²) in [5, 5.41) is 8.58. The Labute approximate surface area is 113 Å². The third kappa shape index (κ3) is 4.04. The highest BCUT2D eigenvalue weighted by molar-refractivity contribution is 9.10. The Hall–Kier alpha value is -0.980. The number of carboxylic acids is 1. The Balaban J connectivity index is 2.88. The van der Waals surface area contributed by atoms with E-state index in [0.29, 0.717) is 15.6 Å². The van der Waals surface area contributed by atoms with Gasteiger partial charge in [-0.3, -0.25) is 4.79 Å². The summed E-state index contributed by atoms with van der Waals surface area (Å²) >= 11 is 3.26. The van der Waals surface area contributed by atoms with Gasteiger partial charge in [0.2, 0.25) is 0 Å². The molecule has 0 amide bonds. The van der Waals surface area contributed by atoms with Crippen molar-refractivity contribution in [3.05, 3.63) is 33.5 Å². The van der Waals surface area contributed by atoms with Crippen molar-refractivity contribution in [2.75, 3.05) is 7.11 Å². The molecule has 0 fully saturated rings. The molecule has 1 rings (SSSR count). The molecule has 0 radical (unpaired) electrons. The summed E-state index contributed by atoms with van der Waals surface area (Å²) in [4.78, 5) is 10.5. The van der Waals surface area contributed by atoms with Crippen LogP contribution in [0.5, 0.6) is 0 Å². The average molecular weight is 320 g/mol. The second-order valence-corrected chi connectivity index (χ2v) is 4.79. The number of hydrogen-bond donors (Lipinski definition) is 2. The number of ether oxygens (including phenoxy) is 1. The number of carbonyl (C=O) groups is 1. The molecule has 1 atom stereocenters. The van der Waals surface area contributed by atoms with E-state index < -0.39 is 17.8 Å². The van der Waals surface area contributed by atoms with Gasteiger partial charge in [0.15, 0.2) is 0 Å². The molecule has 0 spiro atoms. The van der Waals surface area contributed by atoms with E-state index in [-0.39, 0.29) is 19.4 Å². The van der Waals surface area contributed by atoms with Crippen molar-refractivity contribution in [1.29, 1.82) is 0 Å². The molecule has 1 aromatic carbocycles. The van der Waals surface area contributed by atoms with Gasteiger partial charge in [-0.05, 0) is 24.1 Å². The van der Waals surface area contributed by atoms with Gasteiger partial charge in [-0.1, -0.05) is 15.9 Å². The number of nitrogens with two attached hydrogens (primary N) is 1. The Bertz CT molecular complexity index is 416. The summed E-state index contributed by atoms with van der Waals surface area (Å²) in [6.07, 6.45) is 0.227. The van der Waals surface area contributed by atoms with E-state index in [4.69, 9.17) is 15.6 Å². The van der Waals surface area contributed by atoms with Crippen LogP contribution in [0.15, 0.2) is 16.6 Å². The van der Waals surface area contributed by atoms with Gasteiger partial charge in [0.05, 0.1) is 6.61 Å². The van der Waals surface area contributed by atoms with Gasteiger partial charge in [0.1, 0.15) is 5.82 Å². The topological polar surface area (TPSA) is 72.5 Å². The SMILES string of the molecule is COCc1c(F)cc(C(N)CCC(=O)O)cc1Br. The molecule has 6 heteroatoms. The van der Waals surface area contributed by atoms with Crippen molar-refractivity contribution in [1.82, 2.24) is 0 Å². The number of rotatable bonds is 6. The van der Waals surface area contributed by atoms with E-state index in [0.717, 1.165) is 0 Å². The van der Waals surface area contributed by atoms with Crippen molar-refractivity contribution >= 4 is 21.9 Å². The summed E-state index contributed by atoms with van der Waals surface area (Å²) in [5.41, 5.74) is 6.82. The highest BCUT2D eigenvalue weighted by Crippen LogP contribution is 2.26. The lowest BCUT2D eigenvalue weighted by Gasteiger charge is -2.14. The molecular formula is C12H15BrFNO3. The molecule has 4 nitrogen and oxygen atoms in total. The monoisotopic (exact) mass is 319 g/mol. The van der Waals surface area contributed by atoms with Gasteiger partial charge in [0, 0.05) is 29.6 Å². The fourth-order valence-corrected chi connectivity index (χ4v) is 2.13. The largest absolute Gasteiger partial charge is 0.481 e. The molecule has 0 aliphatic heterocycles. The van der Waals surface area contributed by atoms with E-state index >= 15 is 0 Å². The number of hydrogen-bond acceptors (Lipinski definition) is 3. The molecule has 1 unspecified atom stereocenters. The number of benzene rings is 1. The predicted molar refractivity (Wildman–Crippen MR) is 68.6 cm³/mol. The normalized spacial score (nSPS) is 12.4. The van der Waals surface area contributed by atoms with E-state index in [1.807, 2.05) is 0 Å². The highest BCUT2D eigenvalue weighted by Gasteiger charge is 2.14. The van der Waals surface area contributed by atoms with Crippen LogP contribution in [0, 0.1) is 5.82 Å². The van der Waals surface area contributed by atoms with Gasteiger partial charge in [-0.25, -0.2) is 4.39 Å². The van der Waals surface area contributed by atoms with Crippen molar-refractivity contribution in [2.45, 2.75) is 25.5 Å². The molecule has 0 aliphatic rings. The van der Waals surface area contributed by atoms with Crippen LogP contribution in [-0.4, -0.2) is 18.2 Å². The van der Waals surface area contributed by atoms with Crippen molar-refractivity contribution in [3.63, 3.8) is 0 Å². The smallest absolute Gasteiger partial charge is 0.303 e. The zero-order valence-corrected chi connectivity index (χ0v) is 11.5. The minimum absolute atomic E-state index is 0.0414. The van der Waals surface area contributed by atoms with Crippen LogP contribution in [0.2, 0.25) is 0 Å². The first-order chi connectivity index (χ1) is 8.45. The lowest BCUT2D eigenvalue weighted by molar-refractivity contribution is -0.137. The van der Waals surface area contributed by atoms with Crippen molar-refractivity contribution in [2.24, 2.45) is 5.73 Å². The van der Waals surface area contributed by atoms with Gasteiger partial charge in [-0.2, -0.15) is 0 Å². The quantitative estimate of drug-likeness (QED) is 0.845. The minimum atomic E-state index is -0.916. The van der Waals surface area contributed by atoms with Crippen LogP contribution in [-0.2, 0) is 16.1 Å². The number of aliphatic carboxylic acids is 1. The third-order valence-electron chi connectivity index (χ3n) is 2.55. The van der Waals surface area contributed by atoms with Gasteiger partial charge in [-0.15, -0.1) is 0 Å². The number of halogens is 2. The fraction of sp³-hybridized carbons (Fsp3) is 0.417. The van der Waals surface area contributed by atoms with Crippen LogP contribution < -0.4 is 5.73 Å². The number of methoxy groups -OCH3 is 1. The molecule has 3 N–H and O–H groups in total. The van der Waals surface area contributed by atoms with Gasteiger partial charge < -0.3 is 15.6 Å². The Kier molecular flexibility index (Phi) is 5.71. The fourth-order valence-electron chi connectivity index (χ4n) is 1.56. The standard InChI is InChI=1S/C12H15BrFNO3/c1-18-6-8-9(13)4-7(5-10(8)14)11(15)2-3-12(16)17/h4-5,11H,2-3,6,15H2,1H3,(H,16,17). The lowest BCUT2D eigenvalue weighted by Crippen LogP contribution is -2.13. The molecule has 0 saturated heterocycles. The van der Waals surface area contributed by atoms with Gasteiger partial charge in [0.25, 0.3) is 0 Å². The second kappa shape index (κ2) is 6.82. The molecule has 0 aliphatic carbocycles. The summed E-state index contributed by atoms with van der Waals surface area (Å²) < 4.78 is 19.2. The maximum absolute atomic E-state index is 13.8. The average Bonchev–Trinajstić information content (AvgIpc) is 2.30. The summed E-state index contributed by atoms with van der Waals surface area (Å²) in [6.45, 7) is 0.164.